The van der Waals surface area contributed by atoms with E-state index in [1.54, 1.807) is 0 Å². The highest BCUT2D eigenvalue weighted by Crippen LogP contribution is 2.25. The number of aromatic nitrogens is 2. The molecule has 1 atom stereocenters. The molecule has 5 heteroatoms. The summed E-state index contributed by atoms with van der Waals surface area (Å²) in [5.41, 5.74) is 1.08. The van der Waals surface area contributed by atoms with Gasteiger partial charge in [0, 0.05) is 42.0 Å². The van der Waals surface area contributed by atoms with Crippen LogP contribution in [-0.2, 0) is 20.0 Å². The third-order valence-corrected chi connectivity index (χ3v) is 5.06. The normalized spacial score (nSPS) is 12.7. The van der Waals surface area contributed by atoms with Crippen molar-refractivity contribution in [3.8, 4) is 0 Å². The highest BCUT2D eigenvalue weighted by Gasteiger charge is 2.14. The van der Waals surface area contributed by atoms with Crippen molar-refractivity contribution in [3.63, 3.8) is 0 Å². The first-order chi connectivity index (χ1) is 9.81. The number of nitrogens with zero attached hydrogens (tertiary/aromatic N) is 2. The molecule has 0 aromatic carbocycles. The quantitative estimate of drug-likeness (QED) is 0.754. The summed E-state index contributed by atoms with van der Waals surface area (Å²) >= 11 is 3.63. The van der Waals surface area contributed by atoms with Crippen molar-refractivity contribution in [2.24, 2.45) is 7.05 Å². The lowest BCUT2D eigenvalue weighted by molar-refractivity contribution is 0.532. The zero-order chi connectivity index (χ0) is 13.8. The van der Waals surface area contributed by atoms with Crippen LogP contribution in [0.4, 0.5) is 0 Å². The van der Waals surface area contributed by atoms with Crippen molar-refractivity contribution < 1.29 is 0 Å². The minimum absolute atomic E-state index is 0.357. The second-order valence-electron chi connectivity index (χ2n) is 4.71. The third-order valence-electron chi connectivity index (χ3n) is 3.17. The molecule has 0 aliphatic heterocycles. The van der Waals surface area contributed by atoms with Crippen molar-refractivity contribution in [1.82, 2.24) is 15.1 Å². The van der Waals surface area contributed by atoms with E-state index in [-0.39, 0.29) is 0 Å². The van der Waals surface area contributed by atoms with Gasteiger partial charge < -0.3 is 5.32 Å². The maximum atomic E-state index is 4.42. The summed E-state index contributed by atoms with van der Waals surface area (Å²) in [6, 6.07) is 11.1. The Morgan fingerprint density at radius 2 is 2.05 bits per heavy atom. The number of aryl methyl sites for hydroxylation is 1. The SMILES string of the molecule is Cn1ccc(CNC(Cc2cccs2)c2cccs2)n1. The molecular weight excluding hydrogens is 286 g/mol. The number of nitrogens with one attached hydrogen (secondary N) is 1. The summed E-state index contributed by atoms with van der Waals surface area (Å²) in [5, 5.41) is 12.3. The maximum Gasteiger partial charge on any atom is 0.0762 e. The number of rotatable bonds is 6. The van der Waals surface area contributed by atoms with Gasteiger partial charge in [0.2, 0.25) is 0 Å². The number of hydrogen-bond donors (Lipinski definition) is 1. The van der Waals surface area contributed by atoms with E-state index in [2.05, 4.69) is 51.5 Å². The second-order valence-corrected chi connectivity index (χ2v) is 6.72. The van der Waals surface area contributed by atoms with Gasteiger partial charge in [-0.05, 0) is 29.0 Å². The third kappa shape index (κ3) is 3.36. The van der Waals surface area contributed by atoms with Gasteiger partial charge in [-0.3, -0.25) is 4.68 Å². The van der Waals surface area contributed by atoms with Gasteiger partial charge >= 0.3 is 0 Å². The average molecular weight is 303 g/mol. The van der Waals surface area contributed by atoms with Gasteiger partial charge in [0.25, 0.3) is 0 Å². The van der Waals surface area contributed by atoms with E-state index in [0.29, 0.717) is 6.04 Å². The molecule has 1 N–H and O–H groups in total. The Bertz CT molecular complexity index is 626. The molecule has 0 saturated carbocycles. The Morgan fingerprint density at radius 1 is 1.20 bits per heavy atom. The fourth-order valence-corrected chi connectivity index (χ4v) is 3.73. The molecule has 3 heterocycles. The molecule has 3 nitrogen and oxygen atoms in total. The summed E-state index contributed by atoms with van der Waals surface area (Å²) in [6.07, 6.45) is 3.02. The van der Waals surface area contributed by atoms with E-state index in [9.17, 15) is 0 Å². The lowest BCUT2D eigenvalue weighted by atomic mass is 10.1. The predicted octanol–water partition coefficient (Wildman–Crippen LogP) is 3.62. The van der Waals surface area contributed by atoms with Crippen molar-refractivity contribution >= 4 is 22.7 Å². The maximum absolute atomic E-state index is 4.42. The van der Waals surface area contributed by atoms with Gasteiger partial charge in [-0.25, -0.2) is 0 Å². The number of hydrogen-bond acceptors (Lipinski definition) is 4. The van der Waals surface area contributed by atoms with Crippen LogP contribution in [0, 0.1) is 0 Å². The Kier molecular flexibility index (Phi) is 4.30. The predicted molar refractivity (Wildman–Crippen MR) is 85.1 cm³/mol. The topological polar surface area (TPSA) is 29.9 Å². The van der Waals surface area contributed by atoms with E-state index in [1.165, 1.54) is 9.75 Å². The Hall–Kier alpha value is -1.43. The van der Waals surface area contributed by atoms with Gasteiger partial charge in [0.15, 0.2) is 0 Å². The van der Waals surface area contributed by atoms with Crippen LogP contribution < -0.4 is 5.32 Å². The summed E-state index contributed by atoms with van der Waals surface area (Å²) in [4.78, 5) is 2.80. The molecule has 3 rings (SSSR count). The Labute approximate surface area is 126 Å². The summed E-state index contributed by atoms with van der Waals surface area (Å²) in [5.74, 6) is 0. The van der Waals surface area contributed by atoms with Gasteiger partial charge in [0.05, 0.1) is 5.69 Å². The zero-order valence-corrected chi connectivity index (χ0v) is 13.0. The second kappa shape index (κ2) is 6.35. The molecule has 0 amide bonds. The van der Waals surface area contributed by atoms with E-state index in [4.69, 9.17) is 0 Å². The van der Waals surface area contributed by atoms with E-state index < -0.39 is 0 Å². The smallest absolute Gasteiger partial charge is 0.0762 e. The molecule has 0 radical (unpaired) electrons. The molecule has 0 spiro atoms. The summed E-state index contributed by atoms with van der Waals surface area (Å²) in [7, 11) is 1.95. The lowest BCUT2D eigenvalue weighted by Crippen LogP contribution is -2.22. The molecule has 1 unspecified atom stereocenters. The molecule has 3 aromatic heterocycles. The van der Waals surface area contributed by atoms with Gasteiger partial charge in [-0.1, -0.05) is 12.1 Å². The Balaban J connectivity index is 1.69. The van der Waals surface area contributed by atoms with Gasteiger partial charge in [-0.15, -0.1) is 22.7 Å². The highest BCUT2D eigenvalue weighted by molar-refractivity contribution is 7.10. The highest BCUT2D eigenvalue weighted by atomic mass is 32.1. The largest absolute Gasteiger partial charge is 0.303 e. The van der Waals surface area contributed by atoms with Crippen LogP contribution >= 0.6 is 22.7 Å². The lowest BCUT2D eigenvalue weighted by Gasteiger charge is -2.16. The molecule has 3 aromatic rings. The number of thiophene rings is 2. The molecule has 0 fully saturated rings. The molecule has 0 saturated heterocycles. The molecule has 20 heavy (non-hydrogen) atoms. The van der Waals surface area contributed by atoms with Crippen LogP contribution in [0.25, 0.3) is 0 Å². The van der Waals surface area contributed by atoms with Gasteiger partial charge in [-0.2, -0.15) is 5.10 Å². The van der Waals surface area contributed by atoms with E-state index in [0.717, 1.165) is 18.7 Å². The van der Waals surface area contributed by atoms with Crippen molar-refractivity contribution in [3.05, 3.63) is 62.7 Å². The standard InChI is InChI=1S/C15H17N3S2/c1-18-7-6-12(17-18)11-16-14(15-5-3-9-20-15)10-13-4-2-8-19-13/h2-9,14,16H,10-11H2,1H3. The first-order valence-electron chi connectivity index (χ1n) is 6.59. The minimum atomic E-state index is 0.357. The van der Waals surface area contributed by atoms with E-state index >= 15 is 0 Å². The summed E-state index contributed by atoms with van der Waals surface area (Å²) < 4.78 is 1.84. The van der Waals surface area contributed by atoms with Crippen molar-refractivity contribution in [2.45, 2.75) is 19.0 Å². The van der Waals surface area contributed by atoms with Crippen molar-refractivity contribution in [1.29, 1.82) is 0 Å². The van der Waals surface area contributed by atoms with Crippen molar-refractivity contribution in [2.75, 3.05) is 0 Å². The molecule has 104 valence electrons. The van der Waals surface area contributed by atoms with Crippen LogP contribution in [-0.4, -0.2) is 9.78 Å². The fraction of sp³-hybridized carbons (Fsp3) is 0.267. The van der Waals surface area contributed by atoms with Crippen LogP contribution in [0.15, 0.2) is 47.3 Å². The molecular formula is C15H17N3S2. The molecule has 0 aliphatic carbocycles. The van der Waals surface area contributed by atoms with Gasteiger partial charge in [0.1, 0.15) is 0 Å². The van der Waals surface area contributed by atoms with E-state index in [1.807, 2.05) is 40.6 Å². The first-order valence-corrected chi connectivity index (χ1v) is 8.35. The average Bonchev–Trinajstić information content (AvgIpc) is 3.17. The first kappa shape index (κ1) is 13.5. The minimum Gasteiger partial charge on any atom is -0.303 e. The van der Waals surface area contributed by atoms with Crippen LogP contribution in [0.1, 0.15) is 21.5 Å². The molecule has 0 bridgehead atoms. The fourth-order valence-electron chi connectivity index (χ4n) is 2.18. The van der Waals surface area contributed by atoms with Crippen LogP contribution in [0.5, 0.6) is 0 Å². The molecule has 0 aliphatic rings. The Morgan fingerprint density at radius 3 is 2.70 bits per heavy atom. The monoisotopic (exact) mass is 303 g/mol. The van der Waals surface area contributed by atoms with Crippen LogP contribution in [0.3, 0.4) is 0 Å². The summed E-state index contributed by atoms with van der Waals surface area (Å²) in [6.45, 7) is 0.800. The van der Waals surface area contributed by atoms with Crippen LogP contribution in [0.2, 0.25) is 0 Å². The zero-order valence-electron chi connectivity index (χ0n) is 11.3.